The van der Waals surface area contributed by atoms with E-state index in [-0.39, 0.29) is 29.7 Å². The van der Waals surface area contributed by atoms with Gasteiger partial charge in [-0.2, -0.15) is 0 Å². The molecule has 25 heavy (non-hydrogen) atoms. The van der Waals surface area contributed by atoms with Crippen molar-refractivity contribution in [1.82, 2.24) is 10.2 Å². The summed E-state index contributed by atoms with van der Waals surface area (Å²) in [4.78, 5) is 25.9. The van der Waals surface area contributed by atoms with Crippen molar-refractivity contribution < 1.29 is 19.1 Å². The summed E-state index contributed by atoms with van der Waals surface area (Å²) >= 11 is 0. The van der Waals surface area contributed by atoms with Gasteiger partial charge in [0.05, 0.1) is 6.26 Å². The van der Waals surface area contributed by atoms with Crippen LogP contribution in [-0.2, 0) is 4.79 Å². The maximum absolute atomic E-state index is 12.3. The summed E-state index contributed by atoms with van der Waals surface area (Å²) in [5.74, 6) is 0.700. The lowest BCUT2D eigenvalue weighted by Crippen LogP contribution is -2.39. The number of carbonyl (C=O) groups excluding carboxylic acids is 2. The van der Waals surface area contributed by atoms with Crippen LogP contribution < -0.4 is 5.32 Å². The molecular formula is C19H22N2O4. The number of amides is 2. The van der Waals surface area contributed by atoms with Crippen LogP contribution in [0.3, 0.4) is 0 Å². The number of nitrogens with one attached hydrogen (secondary N) is 1. The number of piperidine rings is 1. The minimum atomic E-state index is -0.302. The average Bonchev–Trinajstić information content (AvgIpc) is 3.17. The zero-order valence-electron chi connectivity index (χ0n) is 14.0. The van der Waals surface area contributed by atoms with Crippen molar-refractivity contribution in [3.63, 3.8) is 0 Å². The molecule has 6 heteroatoms. The van der Waals surface area contributed by atoms with E-state index in [1.807, 2.05) is 17.0 Å². The Kier molecular flexibility index (Phi) is 5.38. The van der Waals surface area contributed by atoms with E-state index >= 15 is 0 Å². The molecule has 0 aliphatic carbocycles. The third kappa shape index (κ3) is 4.41. The summed E-state index contributed by atoms with van der Waals surface area (Å²) in [5, 5.41) is 12.1. The van der Waals surface area contributed by atoms with Crippen LogP contribution in [0.4, 0.5) is 0 Å². The van der Waals surface area contributed by atoms with Crippen molar-refractivity contribution in [2.75, 3.05) is 19.6 Å². The molecule has 6 nitrogen and oxygen atoms in total. The topological polar surface area (TPSA) is 82.8 Å². The highest BCUT2D eigenvalue weighted by Crippen LogP contribution is 2.29. The fraction of sp³-hybridized carbons (Fsp3) is 0.368. The van der Waals surface area contributed by atoms with Gasteiger partial charge in [0.2, 0.25) is 5.91 Å². The predicted octanol–water partition coefficient (Wildman–Crippen LogP) is 2.51. The number of aromatic hydroxyl groups is 1. The van der Waals surface area contributed by atoms with Gasteiger partial charge in [-0.1, -0.05) is 12.1 Å². The first-order valence-electron chi connectivity index (χ1n) is 8.52. The number of phenolic OH excluding ortho intramolecular Hbond substituents is 1. The van der Waals surface area contributed by atoms with Crippen LogP contribution in [-0.4, -0.2) is 41.5 Å². The SMILES string of the molecule is O=C(NCCC(=O)N1CCC(c2ccc(O)cc2)CC1)c1ccco1. The van der Waals surface area contributed by atoms with Crippen molar-refractivity contribution in [3.8, 4) is 5.75 Å². The fourth-order valence-electron chi connectivity index (χ4n) is 3.14. The summed E-state index contributed by atoms with van der Waals surface area (Å²) in [5.41, 5.74) is 1.20. The number of nitrogens with zero attached hydrogens (tertiary/aromatic N) is 1. The van der Waals surface area contributed by atoms with Gasteiger partial charge in [-0.15, -0.1) is 0 Å². The Hall–Kier alpha value is -2.76. The van der Waals surface area contributed by atoms with Gasteiger partial charge in [0.25, 0.3) is 5.91 Å². The van der Waals surface area contributed by atoms with Crippen LogP contribution in [0, 0.1) is 0 Å². The molecule has 2 heterocycles. The first-order chi connectivity index (χ1) is 12.1. The standard InChI is InChI=1S/C19H22N2O4/c22-16-5-3-14(4-6-16)15-8-11-21(12-9-15)18(23)7-10-20-19(24)17-2-1-13-25-17/h1-6,13,15,22H,7-12H2,(H,20,24). The van der Waals surface area contributed by atoms with Crippen LogP contribution in [0.5, 0.6) is 5.75 Å². The van der Waals surface area contributed by atoms with Crippen LogP contribution in [0.15, 0.2) is 47.1 Å². The van der Waals surface area contributed by atoms with Gasteiger partial charge in [0, 0.05) is 26.1 Å². The van der Waals surface area contributed by atoms with Crippen molar-refractivity contribution in [1.29, 1.82) is 0 Å². The summed E-state index contributed by atoms with van der Waals surface area (Å²) in [6.07, 6.45) is 3.55. The van der Waals surface area contributed by atoms with Crippen LogP contribution in [0.2, 0.25) is 0 Å². The van der Waals surface area contributed by atoms with E-state index in [4.69, 9.17) is 4.42 Å². The lowest BCUT2D eigenvalue weighted by molar-refractivity contribution is -0.132. The van der Waals surface area contributed by atoms with E-state index in [1.54, 1.807) is 24.3 Å². The summed E-state index contributed by atoms with van der Waals surface area (Å²) in [7, 11) is 0. The second-order valence-corrected chi connectivity index (χ2v) is 6.23. The molecule has 3 rings (SSSR count). The van der Waals surface area contributed by atoms with Gasteiger partial charge in [0.15, 0.2) is 5.76 Å². The normalized spacial score (nSPS) is 15.1. The average molecular weight is 342 g/mol. The van der Waals surface area contributed by atoms with Crippen molar-refractivity contribution in [3.05, 3.63) is 54.0 Å². The van der Waals surface area contributed by atoms with E-state index in [0.29, 0.717) is 12.5 Å². The van der Waals surface area contributed by atoms with Crippen LogP contribution >= 0.6 is 0 Å². The molecule has 0 spiro atoms. The highest BCUT2D eigenvalue weighted by atomic mass is 16.3. The molecule has 2 amide bonds. The summed E-state index contributed by atoms with van der Waals surface area (Å²) < 4.78 is 5.01. The van der Waals surface area contributed by atoms with Gasteiger partial charge in [-0.05, 0) is 48.6 Å². The quantitative estimate of drug-likeness (QED) is 0.875. The Labute approximate surface area is 146 Å². The number of furan rings is 1. The molecule has 2 N–H and O–H groups in total. The van der Waals surface area contributed by atoms with Gasteiger partial charge < -0.3 is 19.7 Å². The largest absolute Gasteiger partial charge is 0.508 e. The van der Waals surface area contributed by atoms with Crippen molar-refractivity contribution >= 4 is 11.8 Å². The Morgan fingerprint density at radius 2 is 1.88 bits per heavy atom. The molecule has 1 aliphatic heterocycles. The van der Waals surface area contributed by atoms with E-state index < -0.39 is 0 Å². The fourth-order valence-corrected chi connectivity index (χ4v) is 3.14. The van der Waals surface area contributed by atoms with E-state index in [1.165, 1.54) is 11.8 Å². The second kappa shape index (κ2) is 7.88. The molecule has 1 aromatic heterocycles. The zero-order valence-corrected chi connectivity index (χ0v) is 14.0. The Bertz CT molecular complexity index is 702. The first kappa shape index (κ1) is 17.1. The third-order valence-corrected chi connectivity index (χ3v) is 4.58. The van der Waals surface area contributed by atoms with Gasteiger partial charge >= 0.3 is 0 Å². The first-order valence-corrected chi connectivity index (χ1v) is 8.52. The van der Waals surface area contributed by atoms with Crippen molar-refractivity contribution in [2.45, 2.75) is 25.2 Å². The molecule has 0 unspecified atom stereocenters. The minimum absolute atomic E-state index is 0.0592. The number of likely N-dealkylation sites (tertiary alicyclic amines) is 1. The molecule has 1 aromatic carbocycles. The molecule has 1 saturated heterocycles. The van der Waals surface area contributed by atoms with Gasteiger partial charge in [0.1, 0.15) is 5.75 Å². The van der Waals surface area contributed by atoms with Gasteiger partial charge in [-0.25, -0.2) is 0 Å². The van der Waals surface area contributed by atoms with E-state index in [2.05, 4.69) is 5.32 Å². The Morgan fingerprint density at radius 3 is 2.52 bits per heavy atom. The third-order valence-electron chi connectivity index (χ3n) is 4.58. The second-order valence-electron chi connectivity index (χ2n) is 6.23. The van der Waals surface area contributed by atoms with Crippen LogP contribution in [0.25, 0.3) is 0 Å². The number of benzene rings is 1. The Morgan fingerprint density at radius 1 is 1.16 bits per heavy atom. The van der Waals surface area contributed by atoms with E-state index in [0.717, 1.165) is 25.9 Å². The number of carbonyl (C=O) groups is 2. The molecular weight excluding hydrogens is 320 g/mol. The lowest BCUT2D eigenvalue weighted by Gasteiger charge is -2.32. The molecule has 0 bridgehead atoms. The zero-order chi connectivity index (χ0) is 17.6. The lowest BCUT2D eigenvalue weighted by atomic mass is 9.89. The highest BCUT2D eigenvalue weighted by Gasteiger charge is 2.23. The molecule has 0 saturated carbocycles. The molecule has 0 atom stereocenters. The number of rotatable bonds is 5. The van der Waals surface area contributed by atoms with E-state index in [9.17, 15) is 14.7 Å². The molecule has 2 aromatic rings. The molecule has 1 aliphatic rings. The molecule has 132 valence electrons. The smallest absolute Gasteiger partial charge is 0.286 e. The molecule has 0 radical (unpaired) electrons. The molecule has 1 fully saturated rings. The monoisotopic (exact) mass is 342 g/mol. The minimum Gasteiger partial charge on any atom is -0.508 e. The number of hydrogen-bond donors (Lipinski definition) is 2. The maximum atomic E-state index is 12.3. The van der Waals surface area contributed by atoms with Gasteiger partial charge in [-0.3, -0.25) is 9.59 Å². The highest BCUT2D eigenvalue weighted by molar-refractivity contribution is 5.91. The Balaban J connectivity index is 1.41. The summed E-state index contributed by atoms with van der Waals surface area (Å²) in [6.45, 7) is 1.74. The predicted molar refractivity (Wildman–Crippen MR) is 92.3 cm³/mol. The van der Waals surface area contributed by atoms with Crippen LogP contribution in [0.1, 0.15) is 41.3 Å². The maximum Gasteiger partial charge on any atom is 0.286 e. The number of hydrogen-bond acceptors (Lipinski definition) is 4. The summed E-state index contributed by atoms with van der Waals surface area (Å²) in [6, 6.07) is 10.5. The van der Waals surface area contributed by atoms with Crippen molar-refractivity contribution in [2.24, 2.45) is 0 Å². The number of phenols is 1.